The summed E-state index contributed by atoms with van der Waals surface area (Å²) in [5.74, 6) is 2.72. The zero-order valence-electron chi connectivity index (χ0n) is 11.1. The largest absolute Gasteiger partial charge is 0.385 e. The van der Waals surface area contributed by atoms with Crippen LogP contribution in [0.25, 0.3) is 0 Å². The topological polar surface area (TPSA) is 24.5 Å². The summed E-state index contributed by atoms with van der Waals surface area (Å²) in [5.41, 5.74) is 0. The Labute approximate surface area is 106 Å². The van der Waals surface area contributed by atoms with Gasteiger partial charge in [0.05, 0.1) is 6.54 Å². The van der Waals surface area contributed by atoms with Gasteiger partial charge in [-0.1, -0.05) is 5.92 Å². The summed E-state index contributed by atoms with van der Waals surface area (Å²) < 4.78 is 5.03. The molecule has 0 aromatic heterocycles. The number of terminal acetylenes is 1. The molecule has 0 unspecified atom stereocenters. The van der Waals surface area contributed by atoms with Crippen molar-refractivity contribution in [1.82, 2.24) is 10.2 Å². The van der Waals surface area contributed by atoms with E-state index in [1.165, 1.54) is 32.1 Å². The van der Waals surface area contributed by atoms with E-state index < -0.39 is 0 Å². The zero-order chi connectivity index (χ0) is 12.3. The average Bonchev–Trinajstić information content (AvgIpc) is 2.36. The summed E-state index contributed by atoms with van der Waals surface area (Å²) in [4.78, 5) is 2.36. The Morgan fingerprint density at radius 2 is 2.06 bits per heavy atom. The molecule has 0 radical (unpaired) electrons. The molecule has 0 atom stereocenters. The first-order chi connectivity index (χ1) is 8.36. The van der Waals surface area contributed by atoms with Crippen LogP contribution in [0.5, 0.6) is 0 Å². The molecule has 1 rings (SSSR count). The molecule has 0 aromatic carbocycles. The third-order valence-electron chi connectivity index (χ3n) is 3.36. The summed E-state index contributed by atoms with van der Waals surface area (Å²) in [6.45, 7) is 5.13. The van der Waals surface area contributed by atoms with Crippen molar-refractivity contribution in [3.05, 3.63) is 0 Å². The summed E-state index contributed by atoms with van der Waals surface area (Å²) in [5, 5.41) is 3.64. The van der Waals surface area contributed by atoms with Crippen LogP contribution in [-0.4, -0.2) is 50.8 Å². The first-order valence-electron chi connectivity index (χ1n) is 6.75. The first kappa shape index (κ1) is 14.5. The van der Waals surface area contributed by atoms with Crippen LogP contribution in [0.1, 0.15) is 32.1 Å². The highest BCUT2D eigenvalue weighted by Gasteiger charge is 2.17. The lowest BCUT2D eigenvalue weighted by Gasteiger charge is -2.31. The molecule has 0 saturated carbocycles. The van der Waals surface area contributed by atoms with Gasteiger partial charge in [-0.15, -0.1) is 6.42 Å². The molecule has 0 spiro atoms. The van der Waals surface area contributed by atoms with Crippen LogP contribution in [0, 0.1) is 12.3 Å². The monoisotopic (exact) mass is 238 g/mol. The van der Waals surface area contributed by atoms with Crippen molar-refractivity contribution < 1.29 is 4.74 Å². The van der Waals surface area contributed by atoms with Crippen LogP contribution in [0.2, 0.25) is 0 Å². The second-order valence-corrected chi connectivity index (χ2v) is 4.76. The van der Waals surface area contributed by atoms with Crippen molar-refractivity contribution >= 4 is 0 Å². The van der Waals surface area contributed by atoms with Crippen LogP contribution in [0.4, 0.5) is 0 Å². The number of unbranched alkanes of at least 4 members (excludes halogenated alkanes) is 2. The summed E-state index contributed by atoms with van der Waals surface area (Å²) in [6.07, 6.45) is 11.5. The summed E-state index contributed by atoms with van der Waals surface area (Å²) in [7, 11) is 1.77. The van der Waals surface area contributed by atoms with E-state index in [2.05, 4.69) is 16.1 Å². The lowest BCUT2D eigenvalue weighted by Crippen LogP contribution is -2.42. The zero-order valence-corrected chi connectivity index (χ0v) is 11.1. The Bertz CT molecular complexity index is 217. The maximum Gasteiger partial charge on any atom is 0.0598 e. The molecule has 3 heteroatoms. The van der Waals surface area contributed by atoms with E-state index >= 15 is 0 Å². The van der Waals surface area contributed by atoms with Crippen LogP contribution in [0.15, 0.2) is 0 Å². The highest BCUT2D eigenvalue weighted by Crippen LogP contribution is 2.09. The van der Waals surface area contributed by atoms with Gasteiger partial charge in [0, 0.05) is 32.8 Å². The molecule has 1 aliphatic rings. The third kappa shape index (κ3) is 6.68. The molecule has 1 fully saturated rings. The van der Waals surface area contributed by atoms with Crippen molar-refractivity contribution in [2.24, 2.45) is 0 Å². The number of rotatable bonds is 8. The van der Waals surface area contributed by atoms with Gasteiger partial charge in [-0.25, -0.2) is 0 Å². The maximum absolute atomic E-state index is 5.31. The van der Waals surface area contributed by atoms with E-state index in [9.17, 15) is 0 Å². The van der Waals surface area contributed by atoms with E-state index in [-0.39, 0.29) is 0 Å². The van der Waals surface area contributed by atoms with Gasteiger partial charge < -0.3 is 10.1 Å². The standard InChI is InChI=1S/C14H26N2O/c1-3-10-16-11-7-14(8-12-16)15-9-5-4-6-13-17-2/h1,14-15H,4-13H2,2H3. The highest BCUT2D eigenvalue weighted by molar-refractivity contribution is 4.90. The number of likely N-dealkylation sites (tertiary alicyclic amines) is 1. The molecular weight excluding hydrogens is 212 g/mol. The van der Waals surface area contributed by atoms with Crippen molar-refractivity contribution in [2.75, 3.05) is 39.9 Å². The molecular formula is C14H26N2O. The third-order valence-corrected chi connectivity index (χ3v) is 3.36. The fourth-order valence-electron chi connectivity index (χ4n) is 2.28. The lowest BCUT2D eigenvalue weighted by molar-refractivity contribution is 0.191. The van der Waals surface area contributed by atoms with E-state index in [0.717, 1.165) is 32.8 Å². The first-order valence-corrected chi connectivity index (χ1v) is 6.75. The minimum Gasteiger partial charge on any atom is -0.385 e. The second-order valence-electron chi connectivity index (χ2n) is 4.76. The number of hydrogen-bond donors (Lipinski definition) is 1. The average molecular weight is 238 g/mol. The van der Waals surface area contributed by atoms with Crippen molar-refractivity contribution in [1.29, 1.82) is 0 Å². The predicted molar refractivity (Wildman–Crippen MR) is 72.0 cm³/mol. The van der Waals surface area contributed by atoms with Gasteiger partial charge in [0.25, 0.3) is 0 Å². The highest BCUT2D eigenvalue weighted by atomic mass is 16.5. The summed E-state index contributed by atoms with van der Waals surface area (Å²) >= 11 is 0. The number of nitrogens with one attached hydrogen (secondary N) is 1. The molecule has 17 heavy (non-hydrogen) atoms. The molecule has 3 nitrogen and oxygen atoms in total. The fraction of sp³-hybridized carbons (Fsp3) is 0.857. The fourth-order valence-corrected chi connectivity index (χ4v) is 2.28. The number of piperidine rings is 1. The van der Waals surface area contributed by atoms with Crippen LogP contribution in [0.3, 0.4) is 0 Å². The predicted octanol–water partition coefficient (Wildman–Crippen LogP) is 1.49. The molecule has 1 saturated heterocycles. The number of ether oxygens (including phenoxy) is 1. The number of hydrogen-bond acceptors (Lipinski definition) is 3. The summed E-state index contributed by atoms with van der Waals surface area (Å²) in [6, 6.07) is 0.700. The molecule has 0 amide bonds. The van der Waals surface area contributed by atoms with Gasteiger partial charge in [0.15, 0.2) is 0 Å². The Balaban J connectivity index is 1.94. The van der Waals surface area contributed by atoms with Gasteiger partial charge in [-0.2, -0.15) is 0 Å². The van der Waals surface area contributed by atoms with E-state index in [4.69, 9.17) is 11.2 Å². The molecule has 0 aliphatic carbocycles. The van der Waals surface area contributed by atoms with Gasteiger partial charge in [-0.3, -0.25) is 4.90 Å². The van der Waals surface area contributed by atoms with E-state index in [1.807, 2.05) is 0 Å². The Hall–Kier alpha value is -0.560. The van der Waals surface area contributed by atoms with Crippen LogP contribution < -0.4 is 5.32 Å². The van der Waals surface area contributed by atoms with E-state index in [1.54, 1.807) is 7.11 Å². The van der Waals surface area contributed by atoms with Gasteiger partial charge in [0.1, 0.15) is 0 Å². The Morgan fingerprint density at radius 3 is 2.71 bits per heavy atom. The minimum atomic E-state index is 0.700. The normalized spacial score (nSPS) is 18.1. The van der Waals surface area contributed by atoms with Gasteiger partial charge in [0.2, 0.25) is 0 Å². The molecule has 0 aromatic rings. The molecule has 1 aliphatic heterocycles. The smallest absolute Gasteiger partial charge is 0.0598 e. The quantitative estimate of drug-likeness (QED) is 0.512. The lowest BCUT2D eigenvalue weighted by atomic mass is 10.0. The van der Waals surface area contributed by atoms with Crippen LogP contribution >= 0.6 is 0 Å². The van der Waals surface area contributed by atoms with Gasteiger partial charge >= 0.3 is 0 Å². The van der Waals surface area contributed by atoms with Crippen LogP contribution in [-0.2, 0) is 4.74 Å². The number of methoxy groups -OCH3 is 1. The van der Waals surface area contributed by atoms with Gasteiger partial charge in [-0.05, 0) is 38.6 Å². The van der Waals surface area contributed by atoms with Crippen molar-refractivity contribution in [3.8, 4) is 12.3 Å². The second kappa shape index (κ2) is 9.47. The Morgan fingerprint density at radius 1 is 1.29 bits per heavy atom. The molecule has 1 N–H and O–H groups in total. The molecule has 98 valence electrons. The van der Waals surface area contributed by atoms with Crippen molar-refractivity contribution in [3.63, 3.8) is 0 Å². The SMILES string of the molecule is C#CCN1CCC(NCCCCCOC)CC1. The van der Waals surface area contributed by atoms with E-state index in [0.29, 0.717) is 6.04 Å². The van der Waals surface area contributed by atoms with Crippen molar-refractivity contribution in [2.45, 2.75) is 38.1 Å². The maximum atomic E-state index is 5.31. The number of nitrogens with zero attached hydrogens (tertiary/aromatic N) is 1. The molecule has 1 heterocycles. The Kier molecular flexibility index (Phi) is 8.08. The molecule has 0 bridgehead atoms. The minimum absolute atomic E-state index is 0.700.